The van der Waals surface area contributed by atoms with Gasteiger partial charge in [-0.05, 0) is 29.7 Å². The first-order chi connectivity index (χ1) is 23.1. The summed E-state index contributed by atoms with van der Waals surface area (Å²) < 4.78 is 0. The molecule has 0 bridgehead atoms. The third-order valence-corrected chi connectivity index (χ3v) is 8.06. The van der Waals surface area contributed by atoms with Gasteiger partial charge in [0, 0.05) is 71.8 Å². The highest BCUT2D eigenvalue weighted by molar-refractivity contribution is 5.95. The van der Waals surface area contributed by atoms with Gasteiger partial charge in [0.2, 0.25) is 17.7 Å². The van der Waals surface area contributed by atoms with Gasteiger partial charge in [0.1, 0.15) is 18.1 Å². The number of para-hydroxylation sites is 2. The number of nitrogens with one attached hydrogen (secondary N) is 6. The predicted octanol–water partition coefficient (Wildman–Crippen LogP) is 1.13. The second kappa shape index (κ2) is 15.1. The number of nitrogens with zero attached hydrogens (tertiary/aromatic N) is 1. The lowest BCUT2D eigenvalue weighted by atomic mass is 10.0. The number of rotatable bonds is 16. The van der Waals surface area contributed by atoms with Crippen molar-refractivity contribution in [3.63, 3.8) is 0 Å². The van der Waals surface area contributed by atoms with E-state index in [0.29, 0.717) is 11.3 Å². The highest BCUT2D eigenvalue weighted by atomic mass is 16.4. The fourth-order valence-electron chi connectivity index (χ4n) is 5.53. The second-order valence-corrected chi connectivity index (χ2v) is 11.5. The molecule has 2 aromatic carbocycles. The van der Waals surface area contributed by atoms with Crippen molar-refractivity contribution in [3.05, 3.63) is 90.3 Å². The van der Waals surface area contributed by atoms with Gasteiger partial charge in [0.15, 0.2) is 0 Å². The average molecular weight is 657 g/mol. The van der Waals surface area contributed by atoms with Crippen LogP contribution in [0.25, 0.3) is 21.8 Å². The van der Waals surface area contributed by atoms with Crippen molar-refractivity contribution >= 4 is 51.5 Å². The zero-order chi connectivity index (χ0) is 34.2. The molecule has 3 aromatic heterocycles. The molecule has 0 radical (unpaired) electrons. The molecule has 0 saturated heterocycles. The van der Waals surface area contributed by atoms with E-state index in [1.54, 1.807) is 12.4 Å². The number of benzene rings is 2. The van der Waals surface area contributed by atoms with Gasteiger partial charge in [-0.15, -0.1) is 0 Å². The summed E-state index contributed by atoms with van der Waals surface area (Å²) in [5.41, 5.74) is 9.82. The van der Waals surface area contributed by atoms with Gasteiger partial charge >= 0.3 is 11.9 Å². The summed E-state index contributed by atoms with van der Waals surface area (Å²) in [4.78, 5) is 77.1. The van der Waals surface area contributed by atoms with E-state index in [9.17, 15) is 29.1 Å². The number of aromatic nitrogens is 4. The molecule has 4 unspecified atom stereocenters. The number of amides is 3. The quantitative estimate of drug-likeness (QED) is 0.0737. The molecular weight excluding hydrogens is 620 g/mol. The lowest BCUT2D eigenvalue weighted by Gasteiger charge is -2.25. The van der Waals surface area contributed by atoms with Gasteiger partial charge in [0.25, 0.3) is 0 Å². The molecular formula is C33H36N8O7. The Balaban J connectivity index is 1.42. The van der Waals surface area contributed by atoms with Gasteiger partial charge < -0.3 is 46.8 Å². The van der Waals surface area contributed by atoms with Crippen LogP contribution >= 0.6 is 0 Å². The Morgan fingerprint density at radius 3 is 1.73 bits per heavy atom. The number of imidazole rings is 1. The minimum absolute atomic E-state index is 0.0378. The van der Waals surface area contributed by atoms with Crippen molar-refractivity contribution in [2.45, 2.75) is 56.3 Å². The van der Waals surface area contributed by atoms with Crippen molar-refractivity contribution in [1.82, 2.24) is 35.9 Å². The standard InChI is InChI=1S/C33H36N8O7/c34-23(13-20-16-35-17-38-20)30(44)40-27(11-18-14-36-24-7-3-1-5-21(18)24)32(46)41-28(12-19-15-37-25-8-4-2-6-22(19)25)31(45)39-26(33(47)48)9-10-29(42)43/h1-8,14-17,23,26-28,36-37H,9-13,34H2,(H,35,38)(H,39,45)(H,40,44)(H,41,46)(H,42,43)(H,47,48). The van der Waals surface area contributed by atoms with E-state index in [4.69, 9.17) is 10.8 Å². The second-order valence-electron chi connectivity index (χ2n) is 11.5. The zero-order valence-electron chi connectivity index (χ0n) is 25.7. The van der Waals surface area contributed by atoms with Crippen LogP contribution in [0.2, 0.25) is 0 Å². The maximum atomic E-state index is 14.0. The first-order valence-electron chi connectivity index (χ1n) is 15.3. The first-order valence-corrected chi connectivity index (χ1v) is 15.3. The molecule has 4 atom stereocenters. The van der Waals surface area contributed by atoms with Crippen LogP contribution in [0.15, 0.2) is 73.4 Å². The highest BCUT2D eigenvalue weighted by Crippen LogP contribution is 2.21. The maximum absolute atomic E-state index is 14.0. The van der Waals surface area contributed by atoms with E-state index in [1.807, 2.05) is 48.5 Å². The topological polar surface area (TPSA) is 248 Å². The average Bonchev–Trinajstić information content (AvgIpc) is 3.83. The molecule has 15 heteroatoms. The zero-order valence-corrected chi connectivity index (χ0v) is 25.7. The summed E-state index contributed by atoms with van der Waals surface area (Å²) in [5, 5.41) is 28.2. The Labute approximate surface area is 273 Å². The Bertz CT molecular complexity index is 1910. The first kappa shape index (κ1) is 33.4. The number of H-pyrrole nitrogens is 3. The van der Waals surface area contributed by atoms with Gasteiger partial charge in [0.05, 0.1) is 12.4 Å². The van der Waals surface area contributed by atoms with Crippen LogP contribution in [0.4, 0.5) is 0 Å². The molecule has 0 saturated carbocycles. The van der Waals surface area contributed by atoms with Gasteiger partial charge in [-0.2, -0.15) is 0 Å². The third kappa shape index (κ3) is 8.24. The number of carboxylic acids is 2. The molecule has 250 valence electrons. The molecule has 3 amide bonds. The van der Waals surface area contributed by atoms with E-state index in [2.05, 4.69) is 35.9 Å². The van der Waals surface area contributed by atoms with Gasteiger partial charge in [-0.3, -0.25) is 19.2 Å². The van der Waals surface area contributed by atoms with Crippen molar-refractivity contribution in [2.24, 2.45) is 5.73 Å². The molecule has 48 heavy (non-hydrogen) atoms. The molecule has 5 aromatic rings. The number of hydrogen-bond acceptors (Lipinski definition) is 7. The Morgan fingerprint density at radius 2 is 1.23 bits per heavy atom. The molecule has 10 N–H and O–H groups in total. The van der Waals surface area contributed by atoms with Crippen molar-refractivity contribution in [2.75, 3.05) is 0 Å². The van der Waals surface area contributed by atoms with Crippen LogP contribution in [0, 0.1) is 0 Å². The minimum Gasteiger partial charge on any atom is -0.481 e. The van der Waals surface area contributed by atoms with E-state index in [1.165, 1.54) is 12.5 Å². The molecule has 3 heterocycles. The number of aliphatic carboxylic acids is 2. The smallest absolute Gasteiger partial charge is 0.326 e. The molecule has 0 aliphatic carbocycles. The van der Waals surface area contributed by atoms with Crippen LogP contribution in [-0.4, -0.2) is 84.0 Å². The molecule has 15 nitrogen and oxygen atoms in total. The Hall–Kier alpha value is -5.96. The van der Waals surface area contributed by atoms with Crippen molar-refractivity contribution < 1.29 is 34.2 Å². The number of fused-ring (bicyclic) bond motifs is 2. The summed E-state index contributed by atoms with van der Waals surface area (Å²) in [6.07, 6.45) is 5.70. The Kier molecular flexibility index (Phi) is 10.5. The number of nitrogens with two attached hydrogens (primary N) is 1. The number of carbonyl (C=O) groups excluding carboxylic acids is 3. The summed E-state index contributed by atoms with van der Waals surface area (Å²) in [6.45, 7) is 0. The predicted molar refractivity (Wildman–Crippen MR) is 175 cm³/mol. The minimum atomic E-state index is -1.52. The summed E-state index contributed by atoms with van der Waals surface area (Å²) in [6, 6.07) is 9.76. The van der Waals surface area contributed by atoms with E-state index >= 15 is 0 Å². The van der Waals surface area contributed by atoms with Crippen LogP contribution < -0.4 is 21.7 Å². The highest BCUT2D eigenvalue weighted by Gasteiger charge is 2.32. The fourth-order valence-corrected chi connectivity index (χ4v) is 5.53. The summed E-state index contributed by atoms with van der Waals surface area (Å²) in [7, 11) is 0. The third-order valence-electron chi connectivity index (χ3n) is 8.06. The van der Waals surface area contributed by atoms with E-state index < -0.39 is 60.2 Å². The number of carboxylic acid groups (broad SMARTS) is 2. The van der Waals surface area contributed by atoms with Crippen molar-refractivity contribution in [3.8, 4) is 0 Å². The number of aromatic amines is 3. The SMILES string of the molecule is NC(Cc1cnc[nH]1)C(=O)NC(Cc1c[nH]c2ccccc12)C(=O)NC(Cc1c[nH]c2ccccc12)C(=O)NC(CCC(=O)O)C(=O)O. The maximum Gasteiger partial charge on any atom is 0.326 e. The van der Waals surface area contributed by atoms with Gasteiger partial charge in [-0.1, -0.05) is 36.4 Å². The summed E-state index contributed by atoms with van der Waals surface area (Å²) >= 11 is 0. The fraction of sp³-hybridized carbons (Fsp3) is 0.273. The van der Waals surface area contributed by atoms with Crippen LogP contribution in [0.3, 0.4) is 0 Å². The van der Waals surface area contributed by atoms with Crippen LogP contribution in [0.5, 0.6) is 0 Å². The lowest BCUT2D eigenvalue weighted by molar-refractivity contribution is -0.143. The van der Waals surface area contributed by atoms with Crippen LogP contribution in [0.1, 0.15) is 29.7 Å². The molecule has 0 spiro atoms. The number of carbonyl (C=O) groups is 5. The normalized spacial score (nSPS) is 13.8. The molecule has 0 aliphatic heterocycles. The molecule has 0 aliphatic rings. The van der Waals surface area contributed by atoms with Crippen LogP contribution in [-0.2, 0) is 43.2 Å². The van der Waals surface area contributed by atoms with Gasteiger partial charge in [-0.25, -0.2) is 9.78 Å². The molecule has 0 fully saturated rings. The largest absolute Gasteiger partial charge is 0.481 e. The van der Waals surface area contributed by atoms with E-state index in [0.717, 1.165) is 27.4 Å². The molecule has 5 rings (SSSR count). The monoisotopic (exact) mass is 656 g/mol. The van der Waals surface area contributed by atoms with E-state index in [-0.39, 0.29) is 25.7 Å². The van der Waals surface area contributed by atoms with Crippen molar-refractivity contribution in [1.29, 1.82) is 0 Å². The lowest BCUT2D eigenvalue weighted by Crippen LogP contribution is -2.58. The summed E-state index contributed by atoms with van der Waals surface area (Å²) in [5.74, 6) is -4.79. The Morgan fingerprint density at radius 1 is 0.708 bits per heavy atom. The number of hydrogen-bond donors (Lipinski definition) is 9.